The van der Waals surface area contributed by atoms with Gasteiger partial charge >= 0.3 is 5.97 Å². The lowest BCUT2D eigenvalue weighted by atomic mass is 9.84. The molecule has 4 nitrogen and oxygen atoms in total. The molecule has 2 unspecified atom stereocenters. The van der Waals surface area contributed by atoms with E-state index in [1.54, 1.807) is 0 Å². The fourth-order valence-corrected chi connectivity index (χ4v) is 1.82. The highest BCUT2D eigenvalue weighted by atomic mass is 16.4. The van der Waals surface area contributed by atoms with Crippen LogP contribution in [0.1, 0.15) is 53.4 Å². The van der Waals surface area contributed by atoms with Crippen LogP contribution in [-0.2, 0) is 4.79 Å². The number of unbranched alkanes of at least 4 members (excludes halogenated alkanes) is 1. The summed E-state index contributed by atoms with van der Waals surface area (Å²) in [6.07, 6.45) is 3.12. The second-order valence-corrected chi connectivity index (χ2v) is 5.63. The fraction of sp³-hybridized carbons (Fsp3) is 0.923. The number of aliphatic carboxylic acids is 1. The van der Waals surface area contributed by atoms with Gasteiger partial charge in [0.1, 0.15) is 6.04 Å². The average Bonchev–Trinajstić information content (AvgIpc) is 2.20. The predicted octanol–water partition coefficient (Wildman–Crippen LogP) is 2.02. The van der Waals surface area contributed by atoms with Crippen LogP contribution in [-0.4, -0.2) is 34.9 Å². The van der Waals surface area contributed by atoms with Gasteiger partial charge in [-0.3, -0.25) is 4.79 Å². The molecule has 17 heavy (non-hydrogen) atoms. The summed E-state index contributed by atoms with van der Waals surface area (Å²) in [6.45, 7) is 8.29. The molecular formula is C13H27NO3. The topological polar surface area (TPSA) is 69.6 Å². The van der Waals surface area contributed by atoms with Gasteiger partial charge in [0.15, 0.2) is 0 Å². The maximum atomic E-state index is 11.1. The third-order valence-electron chi connectivity index (χ3n) is 3.01. The van der Waals surface area contributed by atoms with Crippen LogP contribution >= 0.6 is 0 Å². The molecule has 0 spiro atoms. The maximum absolute atomic E-state index is 11.1. The molecule has 0 aliphatic carbocycles. The third kappa shape index (κ3) is 6.64. The second-order valence-electron chi connectivity index (χ2n) is 5.63. The first-order valence-corrected chi connectivity index (χ1v) is 6.42. The average molecular weight is 245 g/mol. The summed E-state index contributed by atoms with van der Waals surface area (Å²) in [4.78, 5) is 11.1. The summed E-state index contributed by atoms with van der Waals surface area (Å²) in [6, 6.07) is -0.490. The zero-order valence-electron chi connectivity index (χ0n) is 11.5. The molecule has 0 rings (SSSR count). The zero-order valence-corrected chi connectivity index (χ0v) is 11.5. The maximum Gasteiger partial charge on any atom is 0.320 e. The minimum absolute atomic E-state index is 0.0189. The fourth-order valence-electron chi connectivity index (χ4n) is 1.82. The first-order chi connectivity index (χ1) is 7.82. The molecule has 102 valence electrons. The Balaban J connectivity index is 4.51. The summed E-state index contributed by atoms with van der Waals surface area (Å²) >= 11 is 0. The van der Waals surface area contributed by atoms with E-state index in [-0.39, 0.29) is 18.1 Å². The number of nitrogens with one attached hydrogen (secondary N) is 1. The van der Waals surface area contributed by atoms with Crippen molar-refractivity contribution >= 4 is 5.97 Å². The molecule has 0 aliphatic rings. The molecule has 2 atom stereocenters. The van der Waals surface area contributed by atoms with Crippen LogP contribution in [0.25, 0.3) is 0 Å². The highest BCUT2D eigenvalue weighted by molar-refractivity contribution is 5.73. The lowest BCUT2D eigenvalue weighted by Crippen LogP contribution is -2.49. The smallest absolute Gasteiger partial charge is 0.320 e. The molecule has 0 aliphatic heterocycles. The zero-order chi connectivity index (χ0) is 13.5. The van der Waals surface area contributed by atoms with Crippen molar-refractivity contribution in [2.75, 3.05) is 6.61 Å². The van der Waals surface area contributed by atoms with E-state index in [1.165, 1.54) is 0 Å². The van der Waals surface area contributed by atoms with Gasteiger partial charge in [0.25, 0.3) is 0 Å². The number of rotatable bonds is 8. The minimum atomic E-state index is -0.800. The number of carbonyl (C=O) groups is 1. The largest absolute Gasteiger partial charge is 0.480 e. The molecule has 0 amide bonds. The van der Waals surface area contributed by atoms with Gasteiger partial charge < -0.3 is 15.5 Å². The molecule has 0 fully saturated rings. The van der Waals surface area contributed by atoms with Gasteiger partial charge in [0.2, 0.25) is 0 Å². The monoisotopic (exact) mass is 245 g/mol. The van der Waals surface area contributed by atoms with Gasteiger partial charge in [0, 0.05) is 12.6 Å². The summed E-state index contributed by atoms with van der Waals surface area (Å²) < 4.78 is 0. The Bertz CT molecular complexity index is 223. The van der Waals surface area contributed by atoms with Crippen molar-refractivity contribution < 1.29 is 15.0 Å². The predicted molar refractivity (Wildman–Crippen MR) is 69.0 cm³/mol. The van der Waals surface area contributed by atoms with E-state index in [0.717, 1.165) is 12.8 Å². The lowest BCUT2D eigenvalue weighted by Gasteiger charge is -2.33. The van der Waals surface area contributed by atoms with Crippen LogP contribution in [0, 0.1) is 5.41 Å². The van der Waals surface area contributed by atoms with Gasteiger partial charge in [-0.15, -0.1) is 0 Å². The molecule has 0 radical (unpaired) electrons. The Morgan fingerprint density at radius 1 is 1.29 bits per heavy atom. The van der Waals surface area contributed by atoms with Gasteiger partial charge in [-0.1, -0.05) is 40.5 Å². The highest BCUT2D eigenvalue weighted by Gasteiger charge is 2.28. The number of hydrogen-bond donors (Lipinski definition) is 3. The standard InChI is InChI=1S/C13H27NO3/c1-5-6-7-10(12(16)17)14-11(8-9-15)13(2,3)4/h10-11,14-15H,5-9H2,1-4H3,(H,16,17). The van der Waals surface area contributed by atoms with Crippen LogP contribution in [0.5, 0.6) is 0 Å². The molecular weight excluding hydrogens is 218 g/mol. The number of carboxylic acid groups (broad SMARTS) is 1. The van der Waals surface area contributed by atoms with E-state index in [2.05, 4.69) is 26.1 Å². The number of aliphatic hydroxyl groups excluding tert-OH is 1. The summed E-state index contributed by atoms with van der Waals surface area (Å²) in [5.74, 6) is -0.800. The van der Waals surface area contributed by atoms with Crippen LogP contribution in [0.2, 0.25) is 0 Å². The molecule has 0 saturated carbocycles. The van der Waals surface area contributed by atoms with Crippen molar-refractivity contribution in [1.29, 1.82) is 0 Å². The Morgan fingerprint density at radius 3 is 2.24 bits per heavy atom. The Morgan fingerprint density at radius 2 is 1.88 bits per heavy atom. The van der Waals surface area contributed by atoms with E-state index in [4.69, 9.17) is 10.2 Å². The van der Waals surface area contributed by atoms with Crippen molar-refractivity contribution in [3.8, 4) is 0 Å². The third-order valence-corrected chi connectivity index (χ3v) is 3.01. The summed E-state index contributed by atoms with van der Waals surface area (Å²) in [5.41, 5.74) is -0.0529. The SMILES string of the molecule is CCCCC(NC(CCO)C(C)(C)C)C(=O)O. The van der Waals surface area contributed by atoms with Crippen LogP contribution < -0.4 is 5.32 Å². The Labute approximate surface area is 104 Å². The number of aliphatic hydroxyl groups is 1. The molecule has 0 aromatic carbocycles. The normalized spacial score (nSPS) is 15.6. The van der Waals surface area contributed by atoms with E-state index < -0.39 is 12.0 Å². The van der Waals surface area contributed by atoms with Crippen molar-refractivity contribution in [2.24, 2.45) is 5.41 Å². The first kappa shape index (κ1) is 16.4. The van der Waals surface area contributed by atoms with Crippen molar-refractivity contribution in [1.82, 2.24) is 5.32 Å². The quantitative estimate of drug-likeness (QED) is 0.612. The molecule has 0 aromatic rings. The van der Waals surface area contributed by atoms with E-state index in [9.17, 15) is 4.79 Å². The minimum Gasteiger partial charge on any atom is -0.480 e. The van der Waals surface area contributed by atoms with Crippen LogP contribution in [0.3, 0.4) is 0 Å². The molecule has 3 N–H and O–H groups in total. The molecule has 0 bridgehead atoms. The molecule has 0 saturated heterocycles. The van der Waals surface area contributed by atoms with Gasteiger partial charge in [-0.25, -0.2) is 0 Å². The number of carboxylic acids is 1. The van der Waals surface area contributed by atoms with Crippen LogP contribution in [0.4, 0.5) is 0 Å². The number of hydrogen-bond acceptors (Lipinski definition) is 3. The van der Waals surface area contributed by atoms with Gasteiger partial charge in [-0.05, 0) is 18.3 Å². The molecule has 0 heterocycles. The molecule has 4 heteroatoms. The van der Waals surface area contributed by atoms with Crippen molar-refractivity contribution in [3.05, 3.63) is 0 Å². The van der Waals surface area contributed by atoms with Crippen molar-refractivity contribution in [3.63, 3.8) is 0 Å². The van der Waals surface area contributed by atoms with E-state index in [1.807, 2.05) is 6.92 Å². The van der Waals surface area contributed by atoms with Gasteiger partial charge in [-0.2, -0.15) is 0 Å². The first-order valence-electron chi connectivity index (χ1n) is 6.42. The van der Waals surface area contributed by atoms with E-state index in [0.29, 0.717) is 12.8 Å². The van der Waals surface area contributed by atoms with Crippen molar-refractivity contribution in [2.45, 2.75) is 65.5 Å². The van der Waals surface area contributed by atoms with Gasteiger partial charge in [0.05, 0.1) is 0 Å². The molecule has 0 aromatic heterocycles. The van der Waals surface area contributed by atoms with Crippen LogP contribution in [0.15, 0.2) is 0 Å². The lowest BCUT2D eigenvalue weighted by molar-refractivity contribution is -0.140. The van der Waals surface area contributed by atoms with E-state index >= 15 is 0 Å². The highest BCUT2D eigenvalue weighted by Crippen LogP contribution is 2.22. The Hall–Kier alpha value is -0.610. The summed E-state index contributed by atoms with van der Waals surface area (Å²) in [5, 5.41) is 21.4. The Kier molecular flexibility index (Phi) is 7.39. The second kappa shape index (κ2) is 7.67. The summed E-state index contributed by atoms with van der Waals surface area (Å²) in [7, 11) is 0.